The van der Waals surface area contributed by atoms with Crippen molar-refractivity contribution in [2.24, 2.45) is 4.99 Å². The predicted octanol–water partition coefficient (Wildman–Crippen LogP) is 1.66. The van der Waals surface area contributed by atoms with Crippen molar-refractivity contribution in [2.45, 2.75) is 13.1 Å². The quantitative estimate of drug-likeness (QED) is 0.534. The zero-order chi connectivity index (χ0) is 19.4. The molecule has 1 fully saturated rings. The van der Waals surface area contributed by atoms with Gasteiger partial charge in [0.15, 0.2) is 5.96 Å². The smallest absolute Gasteiger partial charge is 0.191 e. The zero-order valence-electron chi connectivity index (χ0n) is 16.4. The van der Waals surface area contributed by atoms with Gasteiger partial charge >= 0.3 is 0 Å². The first kappa shape index (κ1) is 20.1. The molecule has 3 rings (SSSR count). The molecule has 0 aliphatic carbocycles. The first-order valence-electron chi connectivity index (χ1n) is 9.70. The van der Waals surface area contributed by atoms with Gasteiger partial charge in [0.1, 0.15) is 12.4 Å². The van der Waals surface area contributed by atoms with Gasteiger partial charge in [-0.15, -0.1) is 0 Å². The topological polar surface area (TPSA) is 71.0 Å². The van der Waals surface area contributed by atoms with Gasteiger partial charge in [-0.2, -0.15) is 0 Å². The van der Waals surface area contributed by atoms with E-state index < -0.39 is 0 Å². The van der Waals surface area contributed by atoms with Gasteiger partial charge in [-0.1, -0.05) is 24.3 Å². The third kappa shape index (κ3) is 6.51. The van der Waals surface area contributed by atoms with Gasteiger partial charge in [0.25, 0.3) is 0 Å². The Morgan fingerprint density at radius 2 is 1.89 bits per heavy atom. The number of aliphatic imine (C=N–C) groups is 1. The summed E-state index contributed by atoms with van der Waals surface area (Å²) in [4.78, 5) is 11.0. The molecule has 1 aromatic heterocycles. The first-order valence-corrected chi connectivity index (χ1v) is 9.70. The summed E-state index contributed by atoms with van der Waals surface area (Å²) in [6.07, 6.45) is 1.79. The molecule has 7 nitrogen and oxygen atoms in total. The second-order valence-corrected chi connectivity index (χ2v) is 6.51. The van der Waals surface area contributed by atoms with E-state index in [0.717, 1.165) is 55.8 Å². The lowest BCUT2D eigenvalue weighted by atomic mass is 10.2. The van der Waals surface area contributed by atoms with Gasteiger partial charge in [0, 0.05) is 45.0 Å². The number of nitrogens with zero attached hydrogens (tertiary/aromatic N) is 3. The maximum absolute atomic E-state index is 6.04. The highest BCUT2D eigenvalue weighted by atomic mass is 16.5. The second-order valence-electron chi connectivity index (χ2n) is 6.51. The number of pyridine rings is 1. The highest BCUT2D eigenvalue weighted by Crippen LogP contribution is 2.17. The summed E-state index contributed by atoms with van der Waals surface area (Å²) >= 11 is 0. The van der Waals surface area contributed by atoms with Crippen molar-refractivity contribution in [3.8, 4) is 5.75 Å². The number of nitrogens with one attached hydrogen (secondary N) is 2. The highest BCUT2D eigenvalue weighted by molar-refractivity contribution is 5.79. The molecule has 0 spiro atoms. The summed E-state index contributed by atoms with van der Waals surface area (Å²) in [6, 6.07) is 14.0. The molecule has 1 saturated heterocycles. The summed E-state index contributed by atoms with van der Waals surface area (Å²) < 4.78 is 11.4. The summed E-state index contributed by atoms with van der Waals surface area (Å²) in [5, 5.41) is 6.62. The van der Waals surface area contributed by atoms with Gasteiger partial charge in [-0.3, -0.25) is 14.9 Å². The maximum Gasteiger partial charge on any atom is 0.191 e. The van der Waals surface area contributed by atoms with E-state index in [1.807, 2.05) is 36.4 Å². The van der Waals surface area contributed by atoms with Crippen LogP contribution in [0.3, 0.4) is 0 Å². The minimum Gasteiger partial charge on any atom is -0.492 e. The van der Waals surface area contributed by atoms with Crippen LogP contribution in [0.5, 0.6) is 5.75 Å². The molecule has 0 radical (unpaired) electrons. The fraction of sp³-hybridized carbons (Fsp3) is 0.429. The van der Waals surface area contributed by atoms with Crippen LogP contribution in [0.15, 0.2) is 53.7 Å². The minimum atomic E-state index is 0.623. The fourth-order valence-corrected chi connectivity index (χ4v) is 2.98. The average molecular weight is 383 g/mol. The number of guanidine groups is 1. The third-order valence-electron chi connectivity index (χ3n) is 4.57. The Hall–Kier alpha value is -2.64. The van der Waals surface area contributed by atoms with E-state index in [-0.39, 0.29) is 0 Å². The Bertz CT molecular complexity index is 733. The lowest BCUT2D eigenvalue weighted by molar-refractivity contribution is 0.0322. The lowest BCUT2D eigenvalue weighted by Crippen LogP contribution is -2.38. The number of morpholine rings is 1. The van der Waals surface area contributed by atoms with Crippen molar-refractivity contribution in [2.75, 3.05) is 46.5 Å². The summed E-state index contributed by atoms with van der Waals surface area (Å²) in [7, 11) is 1.76. The molecule has 0 atom stereocenters. The molecule has 1 aliphatic heterocycles. The number of hydrogen-bond donors (Lipinski definition) is 2. The van der Waals surface area contributed by atoms with Crippen molar-refractivity contribution < 1.29 is 9.47 Å². The molecule has 7 heteroatoms. The summed E-state index contributed by atoms with van der Waals surface area (Å²) in [6.45, 7) is 6.42. The van der Waals surface area contributed by atoms with Crippen LogP contribution in [-0.2, 0) is 17.8 Å². The molecule has 0 unspecified atom stereocenters. The average Bonchev–Trinajstić information content (AvgIpc) is 2.76. The molecular formula is C21H29N5O2. The third-order valence-corrected chi connectivity index (χ3v) is 4.57. The number of hydrogen-bond acceptors (Lipinski definition) is 5. The van der Waals surface area contributed by atoms with E-state index in [4.69, 9.17) is 9.47 Å². The van der Waals surface area contributed by atoms with E-state index in [0.29, 0.717) is 19.7 Å². The number of aromatic nitrogens is 1. The SMILES string of the molecule is CN=C(NCc1ccccn1)NCc1ccccc1OCCN1CCOCC1. The zero-order valence-corrected chi connectivity index (χ0v) is 16.4. The monoisotopic (exact) mass is 383 g/mol. The minimum absolute atomic E-state index is 0.623. The van der Waals surface area contributed by atoms with Crippen molar-refractivity contribution in [1.29, 1.82) is 0 Å². The van der Waals surface area contributed by atoms with Gasteiger partial charge in [-0.05, 0) is 18.2 Å². The molecule has 28 heavy (non-hydrogen) atoms. The van der Waals surface area contributed by atoms with E-state index in [9.17, 15) is 0 Å². The van der Waals surface area contributed by atoms with Crippen molar-refractivity contribution in [1.82, 2.24) is 20.5 Å². The van der Waals surface area contributed by atoms with E-state index in [1.54, 1.807) is 13.2 Å². The Kier molecular flexibility index (Phi) is 8.08. The Labute approximate surface area is 166 Å². The van der Waals surface area contributed by atoms with Crippen LogP contribution in [0.2, 0.25) is 0 Å². The molecule has 1 aromatic carbocycles. The maximum atomic E-state index is 6.04. The van der Waals surface area contributed by atoms with Crippen molar-refractivity contribution in [3.63, 3.8) is 0 Å². The van der Waals surface area contributed by atoms with Crippen LogP contribution in [-0.4, -0.2) is 62.3 Å². The molecule has 1 aliphatic rings. The Morgan fingerprint density at radius 3 is 2.68 bits per heavy atom. The highest BCUT2D eigenvalue weighted by Gasteiger charge is 2.10. The van der Waals surface area contributed by atoms with Crippen molar-refractivity contribution >= 4 is 5.96 Å². The number of rotatable bonds is 8. The molecular weight excluding hydrogens is 354 g/mol. The number of para-hydroxylation sites is 1. The first-order chi connectivity index (χ1) is 13.8. The van der Waals surface area contributed by atoms with E-state index >= 15 is 0 Å². The molecule has 0 amide bonds. The molecule has 2 aromatic rings. The fourth-order valence-electron chi connectivity index (χ4n) is 2.98. The Balaban J connectivity index is 1.46. The number of ether oxygens (including phenoxy) is 2. The van der Waals surface area contributed by atoms with Crippen LogP contribution in [0.25, 0.3) is 0 Å². The van der Waals surface area contributed by atoms with Gasteiger partial charge in [0.05, 0.1) is 25.5 Å². The van der Waals surface area contributed by atoms with Crippen LogP contribution in [0, 0.1) is 0 Å². The van der Waals surface area contributed by atoms with Gasteiger partial charge < -0.3 is 20.1 Å². The van der Waals surface area contributed by atoms with Gasteiger partial charge in [-0.25, -0.2) is 0 Å². The van der Waals surface area contributed by atoms with Crippen LogP contribution in [0.4, 0.5) is 0 Å². The van der Waals surface area contributed by atoms with E-state index in [1.165, 1.54) is 0 Å². The normalized spacial score (nSPS) is 15.2. The number of benzene rings is 1. The molecule has 0 bridgehead atoms. The molecule has 2 heterocycles. The summed E-state index contributed by atoms with van der Waals surface area (Å²) in [5.41, 5.74) is 2.07. The second kappa shape index (κ2) is 11.3. The van der Waals surface area contributed by atoms with Crippen LogP contribution in [0.1, 0.15) is 11.3 Å². The largest absolute Gasteiger partial charge is 0.492 e. The molecule has 0 saturated carbocycles. The summed E-state index contributed by atoms with van der Waals surface area (Å²) in [5.74, 6) is 1.64. The molecule has 2 N–H and O–H groups in total. The van der Waals surface area contributed by atoms with Crippen molar-refractivity contribution in [3.05, 3.63) is 59.9 Å². The van der Waals surface area contributed by atoms with Gasteiger partial charge in [0.2, 0.25) is 0 Å². The Morgan fingerprint density at radius 1 is 1.11 bits per heavy atom. The molecule has 150 valence electrons. The standard InChI is InChI=1S/C21H29N5O2/c1-22-21(25-17-19-7-4-5-9-23-19)24-16-18-6-2-3-8-20(18)28-15-12-26-10-13-27-14-11-26/h2-9H,10-17H2,1H3,(H2,22,24,25). The van der Waals surface area contributed by atoms with Crippen LogP contribution >= 0.6 is 0 Å². The van der Waals surface area contributed by atoms with E-state index in [2.05, 4.69) is 31.6 Å². The lowest BCUT2D eigenvalue weighted by Gasteiger charge is -2.26. The predicted molar refractivity (Wildman–Crippen MR) is 110 cm³/mol. The van der Waals surface area contributed by atoms with Crippen LogP contribution < -0.4 is 15.4 Å².